The summed E-state index contributed by atoms with van der Waals surface area (Å²) in [6.45, 7) is 2.05. The van der Waals surface area contributed by atoms with E-state index >= 15 is 0 Å². The molecule has 0 spiro atoms. The highest BCUT2D eigenvalue weighted by Crippen LogP contribution is 2.36. The standard InChI is InChI=1S/C30H32BrClN2O3/c1-33(20-23-8-3-2-4-9-23)29(36)19-30(22-37-26-14-12-25(32)13-15-26)16-7-17-34(21-30)28(35)18-24-10-5-6-11-27(24)31/h2-6,8-15H,7,16-22H2,1H3/t30-/m1/s1. The van der Waals surface area contributed by atoms with Crippen molar-refractivity contribution in [2.24, 2.45) is 5.41 Å². The average Bonchev–Trinajstić information content (AvgIpc) is 2.90. The van der Waals surface area contributed by atoms with Gasteiger partial charge < -0.3 is 14.5 Å². The third kappa shape index (κ3) is 7.59. The summed E-state index contributed by atoms with van der Waals surface area (Å²) in [4.78, 5) is 30.4. The van der Waals surface area contributed by atoms with Gasteiger partial charge in [-0.05, 0) is 54.3 Å². The molecular formula is C30H32BrClN2O3. The zero-order chi connectivity index (χ0) is 26.3. The average molecular weight is 584 g/mol. The Balaban J connectivity index is 1.50. The van der Waals surface area contributed by atoms with Gasteiger partial charge in [0.1, 0.15) is 5.75 Å². The van der Waals surface area contributed by atoms with Crippen LogP contribution in [0, 0.1) is 5.41 Å². The quantitative estimate of drug-likeness (QED) is 0.294. The van der Waals surface area contributed by atoms with Gasteiger partial charge >= 0.3 is 0 Å². The fourth-order valence-electron chi connectivity index (χ4n) is 4.82. The number of likely N-dealkylation sites (tertiary alicyclic amines) is 1. The summed E-state index contributed by atoms with van der Waals surface area (Å²) in [5, 5.41) is 0.640. The maximum absolute atomic E-state index is 13.4. The third-order valence-electron chi connectivity index (χ3n) is 6.89. The lowest BCUT2D eigenvalue weighted by atomic mass is 9.77. The summed E-state index contributed by atoms with van der Waals surface area (Å²) in [7, 11) is 1.84. The molecule has 3 aromatic rings. The summed E-state index contributed by atoms with van der Waals surface area (Å²) in [6.07, 6.45) is 2.26. The predicted molar refractivity (Wildman–Crippen MR) is 151 cm³/mol. The lowest BCUT2D eigenvalue weighted by molar-refractivity contribution is -0.140. The Morgan fingerprint density at radius 3 is 2.46 bits per heavy atom. The Hall–Kier alpha value is -2.83. The summed E-state index contributed by atoms with van der Waals surface area (Å²) in [5.74, 6) is 0.807. The van der Waals surface area contributed by atoms with Gasteiger partial charge in [-0.15, -0.1) is 0 Å². The van der Waals surface area contributed by atoms with E-state index in [2.05, 4.69) is 15.9 Å². The van der Waals surface area contributed by atoms with Crippen molar-refractivity contribution in [1.29, 1.82) is 0 Å². The van der Waals surface area contributed by atoms with Crippen molar-refractivity contribution in [3.63, 3.8) is 0 Å². The molecule has 194 valence electrons. The van der Waals surface area contributed by atoms with E-state index in [1.54, 1.807) is 17.0 Å². The molecule has 1 aliphatic rings. The highest BCUT2D eigenvalue weighted by atomic mass is 79.9. The first-order valence-corrected chi connectivity index (χ1v) is 13.7. The van der Waals surface area contributed by atoms with E-state index in [0.717, 1.165) is 28.4 Å². The van der Waals surface area contributed by atoms with Crippen molar-refractivity contribution in [3.8, 4) is 5.75 Å². The second-order valence-corrected chi connectivity index (χ2v) is 11.1. The van der Waals surface area contributed by atoms with Crippen molar-refractivity contribution in [2.45, 2.75) is 32.2 Å². The molecule has 0 aromatic heterocycles. The third-order valence-corrected chi connectivity index (χ3v) is 7.91. The minimum Gasteiger partial charge on any atom is -0.493 e. The smallest absolute Gasteiger partial charge is 0.227 e. The van der Waals surface area contributed by atoms with Gasteiger partial charge in [-0.25, -0.2) is 0 Å². The van der Waals surface area contributed by atoms with Crippen LogP contribution in [0.5, 0.6) is 5.75 Å². The van der Waals surface area contributed by atoms with Gasteiger partial charge in [-0.1, -0.05) is 76.1 Å². The fourth-order valence-corrected chi connectivity index (χ4v) is 5.37. The van der Waals surface area contributed by atoms with Crippen molar-refractivity contribution >= 4 is 39.3 Å². The number of ether oxygens (including phenoxy) is 1. The highest BCUT2D eigenvalue weighted by molar-refractivity contribution is 9.10. The largest absolute Gasteiger partial charge is 0.493 e. The van der Waals surface area contributed by atoms with Crippen LogP contribution in [-0.2, 0) is 22.6 Å². The maximum Gasteiger partial charge on any atom is 0.227 e. The molecule has 1 aliphatic heterocycles. The van der Waals surface area contributed by atoms with E-state index in [4.69, 9.17) is 16.3 Å². The molecule has 4 rings (SSSR count). The zero-order valence-electron chi connectivity index (χ0n) is 21.0. The molecule has 0 radical (unpaired) electrons. The van der Waals surface area contributed by atoms with E-state index in [9.17, 15) is 9.59 Å². The number of carbonyl (C=O) groups is 2. The van der Waals surface area contributed by atoms with Gasteiger partial charge in [-0.3, -0.25) is 9.59 Å². The molecule has 0 aliphatic carbocycles. The topological polar surface area (TPSA) is 49.9 Å². The molecule has 1 saturated heterocycles. The van der Waals surface area contributed by atoms with Crippen LogP contribution in [0.15, 0.2) is 83.3 Å². The molecule has 1 fully saturated rings. The normalized spacial score (nSPS) is 17.3. The Bertz CT molecular complexity index is 1200. The summed E-state index contributed by atoms with van der Waals surface area (Å²) in [5.41, 5.74) is 1.56. The molecule has 7 heteroatoms. The summed E-state index contributed by atoms with van der Waals surface area (Å²) >= 11 is 9.59. The molecule has 37 heavy (non-hydrogen) atoms. The van der Waals surface area contributed by atoms with Gasteiger partial charge in [0.25, 0.3) is 0 Å². The Morgan fingerprint density at radius 2 is 1.73 bits per heavy atom. The molecule has 3 aromatic carbocycles. The SMILES string of the molecule is CN(Cc1ccccc1)C(=O)C[C@]1(COc2ccc(Cl)cc2)CCCN(C(=O)Cc2ccccc2Br)C1. The molecular weight excluding hydrogens is 552 g/mol. The second kappa shape index (κ2) is 12.6. The van der Waals surface area contributed by atoms with Crippen LogP contribution in [0.25, 0.3) is 0 Å². The zero-order valence-corrected chi connectivity index (χ0v) is 23.4. The van der Waals surface area contributed by atoms with E-state index in [-0.39, 0.29) is 11.8 Å². The first-order chi connectivity index (χ1) is 17.8. The van der Waals surface area contributed by atoms with E-state index in [0.29, 0.717) is 49.9 Å². The first kappa shape index (κ1) is 27.2. The Kier molecular flexibility index (Phi) is 9.28. The number of nitrogens with zero attached hydrogens (tertiary/aromatic N) is 2. The number of benzene rings is 3. The van der Waals surface area contributed by atoms with Gasteiger partial charge in [0.2, 0.25) is 11.8 Å². The molecule has 0 bridgehead atoms. The molecule has 0 unspecified atom stereocenters. The van der Waals surface area contributed by atoms with Gasteiger partial charge in [0, 0.05) is 48.0 Å². The number of piperidine rings is 1. The summed E-state index contributed by atoms with van der Waals surface area (Å²) < 4.78 is 7.12. The van der Waals surface area contributed by atoms with Crippen LogP contribution in [0.3, 0.4) is 0 Å². The predicted octanol–water partition coefficient (Wildman–Crippen LogP) is 6.38. The van der Waals surface area contributed by atoms with Crippen molar-refractivity contribution < 1.29 is 14.3 Å². The molecule has 0 N–H and O–H groups in total. The van der Waals surface area contributed by atoms with Gasteiger partial charge in [-0.2, -0.15) is 0 Å². The van der Waals surface area contributed by atoms with Crippen molar-refractivity contribution in [1.82, 2.24) is 9.80 Å². The second-order valence-electron chi connectivity index (χ2n) is 9.84. The van der Waals surface area contributed by atoms with Gasteiger partial charge in [0.15, 0.2) is 0 Å². The summed E-state index contributed by atoms with van der Waals surface area (Å²) in [6, 6.07) is 25.0. The van der Waals surface area contributed by atoms with E-state index in [1.807, 2.05) is 78.7 Å². The van der Waals surface area contributed by atoms with Crippen LogP contribution in [0.4, 0.5) is 0 Å². The van der Waals surface area contributed by atoms with Crippen LogP contribution < -0.4 is 4.74 Å². The lowest BCUT2D eigenvalue weighted by Gasteiger charge is -2.43. The fraction of sp³-hybridized carbons (Fsp3) is 0.333. The Labute approximate surface area is 232 Å². The number of hydrogen-bond acceptors (Lipinski definition) is 3. The van der Waals surface area contributed by atoms with E-state index < -0.39 is 5.41 Å². The number of rotatable bonds is 9. The molecule has 2 amide bonds. The van der Waals surface area contributed by atoms with Gasteiger partial charge in [0.05, 0.1) is 13.0 Å². The molecule has 0 saturated carbocycles. The van der Waals surface area contributed by atoms with Crippen molar-refractivity contribution in [3.05, 3.63) is 99.5 Å². The number of hydrogen-bond donors (Lipinski definition) is 0. The molecule has 1 atom stereocenters. The minimum atomic E-state index is -0.483. The maximum atomic E-state index is 13.4. The van der Waals surface area contributed by atoms with Crippen LogP contribution in [0.2, 0.25) is 5.02 Å². The monoisotopic (exact) mass is 582 g/mol. The van der Waals surface area contributed by atoms with Crippen LogP contribution >= 0.6 is 27.5 Å². The minimum absolute atomic E-state index is 0.0451. The Morgan fingerprint density at radius 1 is 1.03 bits per heavy atom. The van der Waals surface area contributed by atoms with E-state index in [1.165, 1.54) is 0 Å². The van der Waals surface area contributed by atoms with Crippen LogP contribution in [0.1, 0.15) is 30.4 Å². The van der Waals surface area contributed by atoms with Crippen molar-refractivity contribution in [2.75, 3.05) is 26.7 Å². The first-order valence-electron chi connectivity index (χ1n) is 12.5. The lowest BCUT2D eigenvalue weighted by Crippen LogP contribution is -2.51. The number of carbonyl (C=O) groups excluding carboxylic acids is 2. The highest BCUT2D eigenvalue weighted by Gasteiger charge is 2.40. The molecule has 1 heterocycles. The number of halogens is 2. The number of amides is 2. The molecule has 5 nitrogen and oxygen atoms in total. The van der Waals surface area contributed by atoms with Crippen LogP contribution in [-0.4, -0.2) is 48.4 Å².